The maximum absolute atomic E-state index is 11.9. The largest absolute Gasteiger partial charge is 0.476 e. The van der Waals surface area contributed by atoms with Crippen molar-refractivity contribution in [1.82, 2.24) is 19.9 Å². The number of rotatable bonds is 8. The van der Waals surface area contributed by atoms with E-state index >= 15 is 0 Å². The standard InChI is InChI=1S/C14H24N4O3/c1-5-17(6-2)11(19)8-7-9-18-13(10(3)4)12(14(20)21)15-16-18/h10H,5-9H2,1-4H3,(H,20,21). The molecule has 1 heterocycles. The second-order valence-electron chi connectivity index (χ2n) is 5.18. The van der Waals surface area contributed by atoms with Gasteiger partial charge in [0.05, 0.1) is 5.69 Å². The van der Waals surface area contributed by atoms with Crippen LogP contribution in [0.3, 0.4) is 0 Å². The molecule has 1 N–H and O–H groups in total. The third kappa shape index (κ3) is 4.27. The Labute approximate surface area is 124 Å². The highest BCUT2D eigenvalue weighted by atomic mass is 16.4. The van der Waals surface area contributed by atoms with Crippen molar-refractivity contribution in [3.05, 3.63) is 11.4 Å². The maximum Gasteiger partial charge on any atom is 0.358 e. The molecule has 7 nitrogen and oxygen atoms in total. The Morgan fingerprint density at radius 1 is 1.29 bits per heavy atom. The highest BCUT2D eigenvalue weighted by Gasteiger charge is 2.21. The van der Waals surface area contributed by atoms with Crippen LogP contribution in [0.25, 0.3) is 0 Å². The van der Waals surface area contributed by atoms with Crippen LogP contribution in [0.15, 0.2) is 0 Å². The van der Waals surface area contributed by atoms with Gasteiger partial charge in [0, 0.05) is 26.1 Å². The predicted octanol–water partition coefficient (Wildman–Crippen LogP) is 1.75. The molecule has 0 bridgehead atoms. The average molecular weight is 296 g/mol. The van der Waals surface area contributed by atoms with Gasteiger partial charge in [-0.1, -0.05) is 19.1 Å². The molecular formula is C14H24N4O3. The van der Waals surface area contributed by atoms with Crippen LogP contribution < -0.4 is 0 Å². The van der Waals surface area contributed by atoms with Gasteiger partial charge < -0.3 is 10.0 Å². The number of hydrogen-bond acceptors (Lipinski definition) is 4. The molecule has 1 aromatic heterocycles. The summed E-state index contributed by atoms with van der Waals surface area (Å²) in [5, 5.41) is 16.7. The summed E-state index contributed by atoms with van der Waals surface area (Å²) in [6, 6.07) is 0. The highest BCUT2D eigenvalue weighted by Crippen LogP contribution is 2.18. The van der Waals surface area contributed by atoms with Crippen molar-refractivity contribution in [1.29, 1.82) is 0 Å². The molecule has 0 unspecified atom stereocenters. The Morgan fingerprint density at radius 2 is 1.90 bits per heavy atom. The summed E-state index contributed by atoms with van der Waals surface area (Å²) < 4.78 is 1.60. The van der Waals surface area contributed by atoms with E-state index in [-0.39, 0.29) is 17.5 Å². The van der Waals surface area contributed by atoms with Crippen molar-refractivity contribution < 1.29 is 14.7 Å². The van der Waals surface area contributed by atoms with Gasteiger partial charge in [0.2, 0.25) is 5.91 Å². The molecule has 0 saturated heterocycles. The number of nitrogens with zero attached hydrogens (tertiary/aromatic N) is 4. The molecule has 0 fully saturated rings. The van der Waals surface area contributed by atoms with Crippen LogP contribution in [0.1, 0.15) is 62.6 Å². The third-order valence-corrected chi connectivity index (χ3v) is 3.40. The Morgan fingerprint density at radius 3 is 2.38 bits per heavy atom. The van der Waals surface area contributed by atoms with Crippen LogP contribution in [0.2, 0.25) is 0 Å². The summed E-state index contributed by atoms with van der Waals surface area (Å²) in [5.41, 5.74) is 0.609. The lowest BCUT2D eigenvalue weighted by Crippen LogP contribution is -2.30. The molecule has 118 valence electrons. The zero-order valence-electron chi connectivity index (χ0n) is 13.2. The highest BCUT2D eigenvalue weighted by molar-refractivity contribution is 5.86. The predicted molar refractivity (Wildman–Crippen MR) is 78.2 cm³/mol. The van der Waals surface area contributed by atoms with Gasteiger partial charge in [-0.25, -0.2) is 9.48 Å². The van der Waals surface area contributed by atoms with E-state index in [9.17, 15) is 9.59 Å². The van der Waals surface area contributed by atoms with Crippen molar-refractivity contribution in [3.63, 3.8) is 0 Å². The normalized spacial score (nSPS) is 10.9. The summed E-state index contributed by atoms with van der Waals surface area (Å²) in [4.78, 5) is 24.8. The number of hydrogen-bond donors (Lipinski definition) is 1. The molecule has 0 radical (unpaired) electrons. The molecule has 0 aromatic carbocycles. The van der Waals surface area contributed by atoms with Crippen molar-refractivity contribution in [2.75, 3.05) is 13.1 Å². The first-order chi connectivity index (χ1) is 9.92. The lowest BCUT2D eigenvalue weighted by Gasteiger charge is -2.18. The van der Waals surface area contributed by atoms with E-state index < -0.39 is 5.97 Å². The molecule has 1 aromatic rings. The van der Waals surface area contributed by atoms with Crippen LogP contribution in [0, 0.1) is 0 Å². The number of aryl methyl sites for hydroxylation is 1. The lowest BCUT2D eigenvalue weighted by molar-refractivity contribution is -0.130. The number of aromatic nitrogens is 3. The second-order valence-corrected chi connectivity index (χ2v) is 5.18. The number of carbonyl (C=O) groups excluding carboxylic acids is 1. The number of carboxylic acids is 1. The van der Waals surface area contributed by atoms with E-state index in [1.54, 1.807) is 9.58 Å². The monoisotopic (exact) mass is 296 g/mol. The summed E-state index contributed by atoms with van der Waals surface area (Å²) in [6.07, 6.45) is 1.05. The zero-order valence-corrected chi connectivity index (χ0v) is 13.2. The van der Waals surface area contributed by atoms with Gasteiger partial charge in [-0.3, -0.25) is 4.79 Å². The van der Waals surface area contributed by atoms with E-state index in [1.807, 2.05) is 27.7 Å². The molecule has 0 aliphatic carbocycles. The maximum atomic E-state index is 11.9. The molecule has 1 amide bonds. The van der Waals surface area contributed by atoms with E-state index in [1.165, 1.54) is 0 Å². The zero-order chi connectivity index (χ0) is 16.0. The first kappa shape index (κ1) is 17.1. The number of carbonyl (C=O) groups is 2. The number of carboxylic acid groups (broad SMARTS) is 1. The second kappa shape index (κ2) is 7.75. The Kier molecular flexibility index (Phi) is 6.33. The van der Waals surface area contributed by atoms with Crippen LogP contribution in [-0.4, -0.2) is 50.0 Å². The molecule has 0 aliphatic heterocycles. The lowest BCUT2D eigenvalue weighted by atomic mass is 10.1. The van der Waals surface area contributed by atoms with Gasteiger partial charge in [-0.05, 0) is 26.2 Å². The van der Waals surface area contributed by atoms with Crippen LogP contribution in [0.4, 0.5) is 0 Å². The fourth-order valence-electron chi connectivity index (χ4n) is 2.32. The van der Waals surface area contributed by atoms with Gasteiger partial charge >= 0.3 is 5.97 Å². The first-order valence-corrected chi connectivity index (χ1v) is 7.36. The van der Waals surface area contributed by atoms with Crippen molar-refractivity contribution in [2.24, 2.45) is 0 Å². The van der Waals surface area contributed by atoms with E-state index in [4.69, 9.17) is 5.11 Å². The molecule has 7 heteroatoms. The summed E-state index contributed by atoms with van der Waals surface area (Å²) >= 11 is 0. The minimum Gasteiger partial charge on any atom is -0.476 e. The summed E-state index contributed by atoms with van der Waals surface area (Å²) in [7, 11) is 0. The fraction of sp³-hybridized carbons (Fsp3) is 0.714. The van der Waals surface area contributed by atoms with Crippen molar-refractivity contribution in [2.45, 2.75) is 53.0 Å². The number of aromatic carboxylic acids is 1. The van der Waals surface area contributed by atoms with Crippen molar-refractivity contribution >= 4 is 11.9 Å². The molecule has 21 heavy (non-hydrogen) atoms. The van der Waals surface area contributed by atoms with E-state index in [0.717, 1.165) is 0 Å². The molecule has 0 atom stereocenters. The Hall–Kier alpha value is -1.92. The first-order valence-electron chi connectivity index (χ1n) is 7.36. The quantitative estimate of drug-likeness (QED) is 0.789. The van der Waals surface area contributed by atoms with Crippen molar-refractivity contribution in [3.8, 4) is 0 Å². The van der Waals surface area contributed by atoms with E-state index in [0.29, 0.717) is 38.2 Å². The third-order valence-electron chi connectivity index (χ3n) is 3.40. The molecule has 0 saturated carbocycles. The molecular weight excluding hydrogens is 272 g/mol. The number of amides is 1. The average Bonchev–Trinajstić information content (AvgIpc) is 2.84. The summed E-state index contributed by atoms with van der Waals surface area (Å²) in [6.45, 7) is 9.63. The fourth-order valence-corrected chi connectivity index (χ4v) is 2.32. The Bertz CT molecular complexity index is 492. The van der Waals surface area contributed by atoms with Gasteiger partial charge in [0.25, 0.3) is 0 Å². The Balaban J connectivity index is 2.68. The van der Waals surface area contributed by atoms with Crippen LogP contribution in [0.5, 0.6) is 0 Å². The van der Waals surface area contributed by atoms with E-state index in [2.05, 4.69) is 10.3 Å². The smallest absolute Gasteiger partial charge is 0.358 e. The minimum atomic E-state index is -1.07. The minimum absolute atomic E-state index is 0.0000643. The molecule has 0 aliphatic rings. The van der Waals surface area contributed by atoms with Gasteiger partial charge in [-0.15, -0.1) is 5.10 Å². The summed E-state index contributed by atoms with van der Waals surface area (Å²) in [5.74, 6) is -0.932. The van der Waals surface area contributed by atoms with Gasteiger partial charge in [-0.2, -0.15) is 0 Å². The molecule has 1 rings (SSSR count). The topological polar surface area (TPSA) is 88.3 Å². The van der Waals surface area contributed by atoms with Gasteiger partial charge in [0.1, 0.15) is 0 Å². The molecule has 0 spiro atoms. The van der Waals surface area contributed by atoms with Gasteiger partial charge in [0.15, 0.2) is 5.69 Å². The SMILES string of the molecule is CCN(CC)C(=O)CCCn1nnc(C(=O)O)c1C(C)C. The van der Waals surface area contributed by atoms with Crippen LogP contribution in [-0.2, 0) is 11.3 Å². The van der Waals surface area contributed by atoms with Crippen LogP contribution >= 0.6 is 0 Å².